The molecule has 0 aliphatic rings. The van der Waals surface area contributed by atoms with Crippen molar-refractivity contribution in [3.8, 4) is 11.5 Å². The summed E-state index contributed by atoms with van der Waals surface area (Å²) < 4.78 is 14.6. The quantitative estimate of drug-likeness (QED) is 0.712. The molecule has 7 heteroatoms. The minimum Gasteiger partial charge on any atom is -0.497 e. The third-order valence-corrected chi connectivity index (χ3v) is 2.63. The SMILES string of the molecule is COC(=O)C(CO)NC(=O)c1ccc(OC)cc1OC. The molecule has 0 saturated carbocycles. The molecule has 0 spiro atoms. The number of aliphatic hydroxyl groups is 1. The highest BCUT2D eigenvalue weighted by Gasteiger charge is 2.23. The Bertz CT molecular complexity index is 488. The molecule has 110 valence electrons. The molecular formula is C13H17NO6. The molecule has 1 amide bonds. The minimum atomic E-state index is -1.13. The molecule has 0 aliphatic heterocycles. The maximum atomic E-state index is 12.1. The van der Waals surface area contributed by atoms with Crippen molar-refractivity contribution in [3.63, 3.8) is 0 Å². The summed E-state index contributed by atoms with van der Waals surface area (Å²) in [4.78, 5) is 23.4. The van der Waals surface area contributed by atoms with Crippen molar-refractivity contribution in [2.45, 2.75) is 6.04 Å². The van der Waals surface area contributed by atoms with Gasteiger partial charge in [-0.2, -0.15) is 0 Å². The van der Waals surface area contributed by atoms with Crippen LogP contribution in [0, 0.1) is 0 Å². The summed E-state index contributed by atoms with van der Waals surface area (Å²) in [6.07, 6.45) is 0. The minimum absolute atomic E-state index is 0.218. The summed E-state index contributed by atoms with van der Waals surface area (Å²) in [5.41, 5.74) is 0.218. The zero-order valence-electron chi connectivity index (χ0n) is 11.5. The van der Waals surface area contributed by atoms with Crippen LogP contribution in [0.3, 0.4) is 0 Å². The number of nitrogens with one attached hydrogen (secondary N) is 1. The van der Waals surface area contributed by atoms with Crippen LogP contribution in [0.4, 0.5) is 0 Å². The number of esters is 1. The van der Waals surface area contributed by atoms with Crippen molar-refractivity contribution in [2.24, 2.45) is 0 Å². The van der Waals surface area contributed by atoms with Crippen LogP contribution in [0.5, 0.6) is 11.5 Å². The summed E-state index contributed by atoms with van der Waals surface area (Å²) in [6.45, 7) is -0.559. The number of amides is 1. The molecule has 2 N–H and O–H groups in total. The van der Waals surface area contributed by atoms with Crippen molar-refractivity contribution in [2.75, 3.05) is 27.9 Å². The van der Waals surface area contributed by atoms with Crippen LogP contribution in [0.1, 0.15) is 10.4 Å². The lowest BCUT2D eigenvalue weighted by Crippen LogP contribution is -2.44. The highest BCUT2D eigenvalue weighted by atomic mass is 16.5. The topological polar surface area (TPSA) is 94.1 Å². The second-order valence-corrected chi connectivity index (χ2v) is 3.80. The molecule has 1 aromatic rings. The fraction of sp³-hybridized carbons (Fsp3) is 0.385. The second-order valence-electron chi connectivity index (χ2n) is 3.80. The summed E-state index contributed by atoms with van der Waals surface area (Å²) in [6, 6.07) is 3.50. The predicted octanol–water partition coefficient (Wildman–Crippen LogP) is -0.0325. The summed E-state index contributed by atoms with van der Waals surface area (Å²) in [5.74, 6) is -0.462. The Kier molecular flexibility index (Phi) is 5.79. The highest BCUT2D eigenvalue weighted by Crippen LogP contribution is 2.24. The maximum absolute atomic E-state index is 12.1. The van der Waals surface area contributed by atoms with E-state index in [1.807, 2.05) is 0 Å². The van der Waals surface area contributed by atoms with E-state index in [0.29, 0.717) is 11.5 Å². The molecule has 0 heterocycles. The van der Waals surface area contributed by atoms with Crippen molar-refractivity contribution in [1.29, 1.82) is 0 Å². The van der Waals surface area contributed by atoms with Crippen LogP contribution < -0.4 is 14.8 Å². The Balaban J connectivity index is 2.94. The molecule has 1 atom stereocenters. The van der Waals surface area contributed by atoms with E-state index < -0.39 is 24.5 Å². The number of ether oxygens (including phenoxy) is 3. The van der Waals surface area contributed by atoms with E-state index >= 15 is 0 Å². The van der Waals surface area contributed by atoms with Crippen LogP contribution in [-0.2, 0) is 9.53 Å². The van der Waals surface area contributed by atoms with Gasteiger partial charge in [-0.25, -0.2) is 4.79 Å². The lowest BCUT2D eigenvalue weighted by Gasteiger charge is -2.15. The van der Waals surface area contributed by atoms with Gasteiger partial charge in [0.15, 0.2) is 6.04 Å². The molecule has 1 rings (SSSR count). The van der Waals surface area contributed by atoms with E-state index in [2.05, 4.69) is 10.1 Å². The van der Waals surface area contributed by atoms with E-state index in [1.165, 1.54) is 27.4 Å². The molecule has 0 radical (unpaired) electrons. The number of carbonyl (C=O) groups excluding carboxylic acids is 2. The van der Waals surface area contributed by atoms with Gasteiger partial charge in [-0.05, 0) is 12.1 Å². The van der Waals surface area contributed by atoms with E-state index in [0.717, 1.165) is 0 Å². The van der Waals surface area contributed by atoms with Crippen LogP contribution in [-0.4, -0.2) is 51.0 Å². The smallest absolute Gasteiger partial charge is 0.330 e. The molecular weight excluding hydrogens is 266 g/mol. The van der Waals surface area contributed by atoms with E-state index in [9.17, 15) is 9.59 Å². The van der Waals surface area contributed by atoms with Crippen LogP contribution >= 0.6 is 0 Å². The molecule has 20 heavy (non-hydrogen) atoms. The first-order valence-electron chi connectivity index (χ1n) is 5.79. The van der Waals surface area contributed by atoms with E-state index in [-0.39, 0.29) is 5.56 Å². The first-order chi connectivity index (χ1) is 9.57. The van der Waals surface area contributed by atoms with Gasteiger partial charge in [-0.15, -0.1) is 0 Å². The summed E-state index contributed by atoms with van der Waals surface area (Å²) in [7, 11) is 4.08. The zero-order valence-corrected chi connectivity index (χ0v) is 11.5. The third-order valence-electron chi connectivity index (χ3n) is 2.63. The molecule has 0 aliphatic carbocycles. The lowest BCUT2D eigenvalue weighted by molar-refractivity contribution is -0.143. The summed E-state index contributed by atoms with van der Waals surface area (Å²) >= 11 is 0. The number of aliphatic hydroxyl groups excluding tert-OH is 1. The second kappa shape index (κ2) is 7.34. The molecule has 7 nitrogen and oxygen atoms in total. The molecule has 0 saturated heterocycles. The monoisotopic (exact) mass is 283 g/mol. The van der Waals surface area contributed by atoms with Gasteiger partial charge < -0.3 is 24.6 Å². The Hall–Kier alpha value is -2.28. The normalized spacial score (nSPS) is 11.4. The predicted molar refractivity (Wildman–Crippen MR) is 69.9 cm³/mol. The van der Waals surface area contributed by atoms with Gasteiger partial charge in [-0.1, -0.05) is 0 Å². The molecule has 1 unspecified atom stereocenters. The number of carbonyl (C=O) groups is 2. The number of hydrogen-bond donors (Lipinski definition) is 2. The van der Waals surface area contributed by atoms with Crippen LogP contribution in [0.2, 0.25) is 0 Å². The average molecular weight is 283 g/mol. The Labute approximate surface area is 116 Å². The number of rotatable bonds is 6. The highest BCUT2D eigenvalue weighted by molar-refractivity contribution is 5.99. The van der Waals surface area contributed by atoms with Crippen molar-refractivity contribution in [3.05, 3.63) is 23.8 Å². The fourth-order valence-corrected chi connectivity index (χ4v) is 1.54. The van der Waals surface area contributed by atoms with Gasteiger partial charge in [0.2, 0.25) is 0 Å². The molecule has 0 aromatic heterocycles. The zero-order chi connectivity index (χ0) is 15.1. The summed E-state index contributed by atoms with van der Waals surface area (Å²) in [5, 5.41) is 11.4. The Morgan fingerprint density at radius 3 is 2.45 bits per heavy atom. The third kappa shape index (κ3) is 3.61. The standard InChI is InChI=1S/C13H17NO6/c1-18-8-4-5-9(11(6-8)19-2)12(16)14-10(7-15)13(17)20-3/h4-6,10,15H,7H2,1-3H3,(H,14,16). The van der Waals surface area contributed by atoms with Gasteiger partial charge in [-0.3, -0.25) is 4.79 Å². The first-order valence-corrected chi connectivity index (χ1v) is 5.79. The van der Waals surface area contributed by atoms with Crippen LogP contribution in [0.15, 0.2) is 18.2 Å². The molecule has 0 bridgehead atoms. The van der Waals surface area contributed by atoms with Crippen molar-refractivity contribution < 1.29 is 28.9 Å². The number of benzene rings is 1. The number of hydrogen-bond acceptors (Lipinski definition) is 6. The maximum Gasteiger partial charge on any atom is 0.330 e. The number of methoxy groups -OCH3 is 3. The van der Waals surface area contributed by atoms with Gasteiger partial charge in [0.05, 0.1) is 33.5 Å². The van der Waals surface area contributed by atoms with E-state index in [1.54, 1.807) is 12.1 Å². The average Bonchev–Trinajstić information content (AvgIpc) is 2.50. The van der Waals surface area contributed by atoms with Crippen molar-refractivity contribution in [1.82, 2.24) is 5.32 Å². The molecule has 1 aromatic carbocycles. The molecule has 0 fully saturated rings. The van der Waals surface area contributed by atoms with Gasteiger partial charge in [0.1, 0.15) is 11.5 Å². The lowest BCUT2D eigenvalue weighted by atomic mass is 10.1. The fourth-order valence-electron chi connectivity index (χ4n) is 1.54. The largest absolute Gasteiger partial charge is 0.497 e. The van der Waals surface area contributed by atoms with E-state index in [4.69, 9.17) is 14.6 Å². The van der Waals surface area contributed by atoms with Gasteiger partial charge >= 0.3 is 5.97 Å². The van der Waals surface area contributed by atoms with Gasteiger partial charge in [0.25, 0.3) is 5.91 Å². The Morgan fingerprint density at radius 2 is 1.95 bits per heavy atom. The van der Waals surface area contributed by atoms with Crippen LogP contribution in [0.25, 0.3) is 0 Å². The first kappa shape index (κ1) is 15.8. The van der Waals surface area contributed by atoms with Crippen molar-refractivity contribution >= 4 is 11.9 Å². The Morgan fingerprint density at radius 1 is 1.25 bits per heavy atom. The van der Waals surface area contributed by atoms with Gasteiger partial charge in [0, 0.05) is 6.07 Å².